The predicted molar refractivity (Wildman–Crippen MR) is 66.1 cm³/mol. The van der Waals surface area contributed by atoms with Crippen LogP contribution in [0.2, 0.25) is 0 Å². The average molecular weight is 280 g/mol. The van der Waals surface area contributed by atoms with E-state index in [0.29, 0.717) is 13.2 Å². The van der Waals surface area contributed by atoms with Crippen molar-refractivity contribution < 1.29 is 29.2 Å². The Kier molecular flexibility index (Phi) is 6.57. The molecular formula is C11H24N2O6. The van der Waals surface area contributed by atoms with Gasteiger partial charge in [-0.1, -0.05) is 0 Å². The van der Waals surface area contributed by atoms with E-state index in [2.05, 4.69) is 0 Å². The molecule has 0 bridgehead atoms. The Labute approximate surface area is 112 Å². The van der Waals surface area contributed by atoms with Gasteiger partial charge in [-0.3, -0.25) is 0 Å². The van der Waals surface area contributed by atoms with Crippen molar-refractivity contribution in [3.8, 4) is 0 Å². The van der Waals surface area contributed by atoms with Gasteiger partial charge in [-0.15, -0.1) is 0 Å². The second-order valence-corrected chi connectivity index (χ2v) is 5.05. The van der Waals surface area contributed by atoms with Crippen LogP contribution in [0.1, 0.15) is 6.92 Å². The lowest BCUT2D eigenvalue weighted by atomic mass is 10.1. The van der Waals surface area contributed by atoms with E-state index in [0.717, 1.165) is 0 Å². The standard InChI is InChI=1S/C11H24N2O6/c1-9(18-6-10(12,2-14)3-15)19-7-11(13)4-16-8-17-5-11/h9,14-15H,2-8,12-13H2,1H3. The summed E-state index contributed by atoms with van der Waals surface area (Å²) in [5, 5.41) is 18.0. The minimum absolute atomic E-state index is 0.0221. The molecule has 1 rings (SSSR count). The molecule has 1 heterocycles. The van der Waals surface area contributed by atoms with Crippen LogP contribution in [0.5, 0.6) is 0 Å². The second kappa shape index (κ2) is 7.46. The van der Waals surface area contributed by atoms with Crippen molar-refractivity contribution >= 4 is 0 Å². The molecule has 8 heteroatoms. The Morgan fingerprint density at radius 1 is 1.26 bits per heavy atom. The Bertz CT molecular complexity index is 256. The number of aliphatic hydroxyl groups excluding tert-OH is 2. The van der Waals surface area contributed by atoms with Crippen LogP contribution in [-0.2, 0) is 18.9 Å². The molecule has 1 saturated heterocycles. The summed E-state index contributed by atoms with van der Waals surface area (Å²) in [5.41, 5.74) is 9.81. The number of hydrogen-bond donors (Lipinski definition) is 4. The lowest BCUT2D eigenvalue weighted by molar-refractivity contribution is -0.189. The fraction of sp³-hybridized carbons (Fsp3) is 1.00. The fourth-order valence-electron chi connectivity index (χ4n) is 1.43. The molecular weight excluding hydrogens is 256 g/mol. The summed E-state index contributed by atoms with van der Waals surface area (Å²) in [7, 11) is 0. The molecule has 0 aromatic heterocycles. The normalized spacial score (nSPS) is 21.3. The maximum atomic E-state index is 9.01. The van der Waals surface area contributed by atoms with Crippen LogP contribution in [0.25, 0.3) is 0 Å². The largest absolute Gasteiger partial charge is 0.394 e. The first-order valence-electron chi connectivity index (χ1n) is 6.11. The topological polar surface area (TPSA) is 129 Å². The highest BCUT2D eigenvalue weighted by molar-refractivity contribution is 4.85. The van der Waals surface area contributed by atoms with Crippen molar-refractivity contribution in [3.05, 3.63) is 0 Å². The predicted octanol–water partition coefficient (Wildman–Crippen LogP) is -2.25. The van der Waals surface area contributed by atoms with Gasteiger partial charge in [0.15, 0.2) is 6.29 Å². The molecule has 1 aliphatic heterocycles. The summed E-state index contributed by atoms with van der Waals surface area (Å²) in [6, 6.07) is 0. The van der Waals surface area contributed by atoms with Gasteiger partial charge >= 0.3 is 0 Å². The van der Waals surface area contributed by atoms with Crippen LogP contribution in [0.4, 0.5) is 0 Å². The number of aliphatic hydroxyl groups is 2. The van der Waals surface area contributed by atoms with Crippen LogP contribution < -0.4 is 11.5 Å². The van der Waals surface area contributed by atoms with Crippen LogP contribution in [0.15, 0.2) is 0 Å². The molecule has 0 aliphatic carbocycles. The zero-order valence-electron chi connectivity index (χ0n) is 11.2. The lowest BCUT2D eigenvalue weighted by Crippen LogP contribution is -2.56. The zero-order valence-corrected chi connectivity index (χ0v) is 11.2. The maximum Gasteiger partial charge on any atom is 0.154 e. The smallest absolute Gasteiger partial charge is 0.154 e. The molecule has 0 aromatic rings. The Balaban J connectivity index is 2.25. The number of ether oxygens (including phenoxy) is 4. The molecule has 1 atom stereocenters. The summed E-state index contributed by atoms with van der Waals surface area (Å²) < 4.78 is 21.0. The average Bonchev–Trinajstić information content (AvgIpc) is 2.43. The van der Waals surface area contributed by atoms with Crippen molar-refractivity contribution in [1.29, 1.82) is 0 Å². The first kappa shape index (κ1) is 16.7. The van der Waals surface area contributed by atoms with Gasteiger partial charge in [0.2, 0.25) is 0 Å². The molecule has 0 spiro atoms. The van der Waals surface area contributed by atoms with Gasteiger partial charge in [-0.25, -0.2) is 0 Å². The van der Waals surface area contributed by atoms with Gasteiger partial charge in [0.1, 0.15) is 6.79 Å². The summed E-state index contributed by atoms with van der Waals surface area (Å²) in [4.78, 5) is 0. The molecule has 0 amide bonds. The summed E-state index contributed by atoms with van der Waals surface area (Å²) in [6.07, 6.45) is -0.566. The molecule has 8 nitrogen and oxygen atoms in total. The number of rotatable bonds is 8. The molecule has 1 aliphatic rings. The van der Waals surface area contributed by atoms with Crippen molar-refractivity contribution in [2.24, 2.45) is 11.5 Å². The third kappa shape index (κ3) is 5.67. The van der Waals surface area contributed by atoms with Crippen LogP contribution in [0, 0.1) is 0 Å². The van der Waals surface area contributed by atoms with Crippen LogP contribution in [-0.4, -0.2) is 74.0 Å². The van der Waals surface area contributed by atoms with E-state index in [9.17, 15) is 0 Å². The van der Waals surface area contributed by atoms with Crippen molar-refractivity contribution in [2.75, 3.05) is 46.4 Å². The number of nitrogens with two attached hydrogens (primary N) is 2. The summed E-state index contributed by atoms with van der Waals surface area (Å²) >= 11 is 0. The highest BCUT2D eigenvalue weighted by Gasteiger charge is 2.31. The van der Waals surface area contributed by atoms with Crippen molar-refractivity contribution in [2.45, 2.75) is 24.3 Å². The molecule has 0 saturated carbocycles. The Morgan fingerprint density at radius 2 is 1.84 bits per heavy atom. The molecule has 19 heavy (non-hydrogen) atoms. The van der Waals surface area contributed by atoms with E-state index < -0.39 is 17.4 Å². The first-order chi connectivity index (χ1) is 8.93. The minimum atomic E-state index is -1.17. The van der Waals surface area contributed by atoms with E-state index >= 15 is 0 Å². The maximum absolute atomic E-state index is 9.01. The van der Waals surface area contributed by atoms with Crippen molar-refractivity contribution in [1.82, 2.24) is 0 Å². The van der Waals surface area contributed by atoms with Gasteiger partial charge in [-0.2, -0.15) is 0 Å². The van der Waals surface area contributed by atoms with Gasteiger partial charge in [0, 0.05) is 0 Å². The number of hydrogen-bond acceptors (Lipinski definition) is 8. The molecule has 1 fully saturated rings. The summed E-state index contributed by atoms with van der Waals surface area (Å²) in [6.45, 7) is 2.07. The lowest BCUT2D eigenvalue weighted by Gasteiger charge is -2.34. The van der Waals surface area contributed by atoms with Gasteiger partial charge in [0.25, 0.3) is 0 Å². The van der Waals surface area contributed by atoms with E-state index in [-0.39, 0.29) is 33.2 Å². The first-order valence-corrected chi connectivity index (χ1v) is 6.11. The van der Waals surface area contributed by atoms with Gasteiger partial charge in [-0.05, 0) is 6.92 Å². The molecule has 114 valence electrons. The SMILES string of the molecule is CC(OCC(N)(CO)CO)OCC1(N)COCOC1. The van der Waals surface area contributed by atoms with E-state index in [1.54, 1.807) is 6.92 Å². The summed E-state index contributed by atoms with van der Waals surface area (Å²) in [5.74, 6) is 0. The van der Waals surface area contributed by atoms with E-state index in [4.69, 9.17) is 40.6 Å². The molecule has 0 aromatic carbocycles. The van der Waals surface area contributed by atoms with Crippen LogP contribution >= 0.6 is 0 Å². The monoisotopic (exact) mass is 280 g/mol. The quantitative estimate of drug-likeness (QED) is 0.367. The second-order valence-electron chi connectivity index (χ2n) is 5.05. The zero-order chi connectivity index (χ0) is 14.4. The van der Waals surface area contributed by atoms with Gasteiger partial charge < -0.3 is 40.6 Å². The van der Waals surface area contributed by atoms with E-state index in [1.807, 2.05) is 0 Å². The van der Waals surface area contributed by atoms with Crippen LogP contribution in [0.3, 0.4) is 0 Å². The highest BCUT2D eigenvalue weighted by Crippen LogP contribution is 2.11. The van der Waals surface area contributed by atoms with Crippen molar-refractivity contribution in [3.63, 3.8) is 0 Å². The van der Waals surface area contributed by atoms with E-state index in [1.165, 1.54) is 0 Å². The third-order valence-electron chi connectivity index (χ3n) is 2.79. The molecule has 0 radical (unpaired) electrons. The molecule has 6 N–H and O–H groups in total. The molecule has 1 unspecified atom stereocenters. The Hall–Kier alpha value is -0.320. The highest BCUT2D eigenvalue weighted by atomic mass is 16.7. The Morgan fingerprint density at radius 3 is 2.37 bits per heavy atom. The van der Waals surface area contributed by atoms with Gasteiger partial charge in [0.05, 0.1) is 50.7 Å². The third-order valence-corrected chi connectivity index (χ3v) is 2.79. The fourth-order valence-corrected chi connectivity index (χ4v) is 1.43. The minimum Gasteiger partial charge on any atom is -0.394 e.